The van der Waals surface area contributed by atoms with Gasteiger partial charge in [0.05, 0.1) is 53.7 Å². The molecule has 1 amide bonds. The number of carbonyl (C=O) groups excluding carboxylic acids is 1. The van der Waals surface area contributed by atoms with Crippen LogP contribution in [-0.2, 0) is 22.6 Å². The van der Waals surface area contributed by atoms with Crippen LogP contribution in [-0.4, -0.2) is 87.8 Å². The lowest BCUT2D eigenvalue weighted by Gasteiger charge is -2.42. The maximum absolute atomic E-state index is 12.5. The fourth-order valence-corrected chi connectivity index (χ4v) is 6.66. The van der Waals surface area contributed by atoms with E-state index in [-0.39, 0.29) is 24.5 Å². The summed E-state index contributed by atoms with van der Waals surface area (Å²) in [5, 5.41) is 18.4. The molecule has 3 aromatic rings. The molecule has 11 nitrogen and oxygen atoms in total. The number of nitrogens with one attached hydrogen (secondary N) is 1. The molecule has 0 radical (unpaired) electrons. The second-order valence-corrected chi connectivity index (χ2v) is 11.7. The van der Waals surface area contributed by atoms with Gasteiger partial charge in [-0.25, -0.2) is 0 Å². The molecule has 3 atom stereocenters. The molecule has 5 heterocycles. The predicted octanol–water partition coefficient (Wildman–Crippen LogP) is 3.72. The van der Waals surface area contributed by atoms with Gasteiger partial charge in [-0.15, -0.1) is 0 Å². The number of hydrogen-bond donors (Lipinski definition) is 1. The van der Waals surface area contributed by atoms with Crippen LogP contribution in [0.25, 0.3) is 10.9 Å². The summed E-state index contributed by atoms with van der Waals surface area (Å²) in [5.74, 6) is 0.557. The standard InChI is InChI=1S/C30H35ClN8O3/c1-4-26(40)39-11-10-38(15-19(39)7-8-32)29-22-17-41-25(27-21-14-33-36-24(21)12-18(2)28(27)31)13-23(22)34-30(35-29)42-16-20-6-5-9-37(20)3/h4,12,14,19-20,25H,1,5-7,9-11,13,15-17H2,2-3H3,(H,33,36)/t19-,20-,25+/m0/s1. The summed E-state index contributed by atoms with van der Waals surface area (Å²) in [4.78, 5) is 28.5. The zero-order valence-corrected chi connectivity index (χ0v) is 24.7. The van der Waals surface area contributed by atoms with Crippen LogP contribution in [0, 0.1) is 18.3 Å². The Labute approximate surface area is 250 Å². The Kier molecular flexibility index (Phi) is 8.03. The Bertz CT molecular complexity index is 1550. The molecule has 0 spiro atoms. The number of halogens is 1. The maximum Gasteiger partial charge on any atom is 0.318 e. The van der Waals surface area contributed by atoms with Crippen molar-refractivity contribution in [2.24, 2.45) is 0 Å². The molecule has 42 heavy (non-hydrogen) atoms. The normalized spacial score (nSPS) is 22.7. The van der Waals surface area contributed by atoms with Crippen LogP contribution < -0.4 is 9.64 Å². The summed E-state index contributed by atoms with van der Waals surface area (Å²) < 4.78 is 12.7. The smallest absolute Gasteiger partial charge is 0.318 e. The van der Waals surface area contributed by atoms with Crippen LogP contribution in [0.4, 0.5) is 5.82 Å². The first-order chi connectivity index (χ1) is 20.4. The van der Waals surface area contributed by atoms with Gasteiger partial charge in [-0.1, -0.05) is 18.2 Å². The molecule has 12 heteroatoms. The van der Waals surface area contributed by atoms with E-state index in [1.165, 1.54) is 6.08 Å². The van der Waals surface area contributed by atoms with E-state index in [1.807, 2.05) is 13.0 Å². The molecule has 2 saturated heterocycles. The fraction of sp³-hybridized carbons (Fsp3) is 0.500. The number of anilines is 1. The third-order valence-electron chi connectivity index (χ3n) is 8.73. The van der Waals surface area contributed by atoms with E-state index in [4.69, 9.17) is 31.0 Å². The van der Waals surface area contributed by atoms with Crippen molar-refractivity contribution in [1.82, 2.24) is 30.0 Å². The van der Waals surface area contributed by atoms with Gasteiger partial charge in [0.2, 0.25) is 5.91 Å². The number of carbonyl (C=O) groups is 1. The highest BCUT2D eigenvalue weighted by Crippen LogP contribution is 2.41. The monoisotopic (exact) mass is 590 g/mol. The zero-order chi connectivity index (χ0) is 29.4. The van der Waals surface area contributed by atoms with Gasteiger partial charge in [0.15, 0.2) is 0 Å². The van der Waals surface area contributed by atoms with Crippen molar-refractivity contribution in [2.75, 3.05) is 44.7 Å². The van der Waals surface area contributed by atoms with Gasteiger partial charge in [-0.05, 0) is 51.1 Å². The number of benzene rings is 1. The van der Waals surface area contributed by atoms with Gasteiger partial charge >= 0.3 is 6.01 Å². The van der Waals surface area contributed by atoms with Gasteiger partial charge in [-0.2, -0.15) is 20.3 Å². The van der Waals surface area contributed by atoms with Crippen LogP contribution >= 0.6 is 11.6 Å². The Hall–Kier alpha value is -3.72. The minimum Gasteiger partial charge on any atom is -0.462 e. The number of ether oxygens (including phenoxy) is 2. The highest BCUT2D eigenvalue weighted by Gasteiger charge is 2.35. The first-order valence-electron chi connectivity index (χ1n) is 14.4. The topological polar surface area (TPSA) is 124 Å². The minimum atomic E-state index is -0.324. The molecule has 0 bridgehead atoms. The molecule has 3 aliphatic rings. The second-order valence-electron chi connectivity index (χ2n) is 11.3. The number of piperazine rings is 1. The number of likely N-dealkylation sites (tertiary alicyclic amines) is 1. The third kappa shape index (κ3) is 5.30. The number of aromatic amines is 1. The lowest BCUT2D eigenvalue weighted by atomic mass is 9.95. The average Bonchev–Trinajstić information content (AvgIpc) is 3.63. The van der Waals surface area contributed by atoms with Crippen LogP contribution in [0.5, 0.6) is 6.01 Å². The molecule has 2 fully saturated rings. The molecule has 0 aliphatic carbocycles. The Balaban J connectivity index is 1.35. The number of likely N-dealkylation sites (N-methyl/N-ethyl adjacent to an activating group) is 1. The summed E-state index contributed by atoms with van der Waals surface area (Å²) in [6.07, 6.45) is 5.69. The van der Waals surface area contributed by atoms with Crippen LogP contribution in [0.15, 0.2) is 24.9 Å². The number of amides is 1. The number of nitriles is 1. The SMILES string of the molecule is C=CC(=O)N1CCN(c2nc(OC[C@@H]3CCCN3C)nc3c2CO[C@@H](c2c(Cl)c(C)cc4[nH]ncc24)C3)C[C@@H]1CC#N. The fourth-order valence-electron chi connectivity index (χ4n) is 6.38. The summed E-state index contributed by atoms with van der Waals surface area (Å²) in [5.41, 5.74) is 4.49. The highest BCUT2D eigenvalue weighted by molar-refractivity contribution is 6.33. The molecule has 220 valence electrons. The Morgan fingerprint density at radius 2 is 2.19 bits per heavy atom. The van der Waals surface area contributed by atoms with Crippen molar-refractivity contribution in [3.63, 3.8) is 0 Å². The van der Waals surface area contributed by atoms with Crippen molar-refractivity contribution in [1.29, 1.82) is 5.26 Å². The summed E-state index contributed by atoms with van der Waals surface area (Å²) in [7, 11) is 2.11. The lowest BCUT2D eigenvalue weighted by Crippen LogP contribution is -2.55. The number of H-pyrrole nitrogens is 1. The maximum atomic E-state index is 12.5. The highest BCUT2D eigenvalue weighted by atomic mass is 35.5. The molecule has 1 N–H and O–H groups in total. The van der Waals surface area contributed by atoms with Gasteiger partial charge in [-0.3, -0.25) is 9.89 Å². The minimum absolute atomic E-state index is 0.170. The number of nitrogens with zero attached hydrogens (tertiary/aromatic N) is 7. The van der Waals surface area contributed by atoms with Crippen LogP contribution in [0.2, 0.25) is 5.02 Å². The van der Waals surface area contributed by atoms with Gasteiger partial charge in [0.1, 0.15) is 12.4 Å². The molecular formula is C30H35ClN8O3. The first-order valence-corrected chi connectivity index (χ1v) is 14.8. The Morgan fingerprint density at radius 1 is 1.33 bits per heavy atom. The van der Waals surface area contributed by atoms with E-state index >= 15 is 0 Å². The quantitative estimate of drug-likeness (QED) is 0.410. The van der Waals surface area contributed by atoms with Crippen LogP contribution in [0.3, 0.4) is 0 Å². The third-order valence-corrected chi connectivity index (χ3v) is 9.23. The molecule has 1 aromatic carbocycles. The van der Waals surface area contributed by atoms with E-state index in [9.17, 15) is 10.1 Å². The molecular weight excluding hydrogens is 556 g/mol. The first kappa shape index (κ1) is 28.4. The molecule has 0 saturated carbocycles. The molecule has 6 rings (SSSR count). The van der Waals surface area contributed by atoms with Crippen molar-refractivity contribution in [3.05, 3.63) is 52.3 Å². The van der Waals surface area contributed by atoms with Crippen molar-refractivity contribution in [3.8, 4) is 12.1 Å². The number of aryl methyl sites for hydroxylation is 1. The van der Waals surface area contributed by atoms with Gasteiger partial charge < -0.3 is 24.2 Å². The summed E-state index contributed by atoms with van der Waals surface area (Å²) >= 11 is 6.85. The van der Waals surface area contributed by atoms with Crippen molar-refractivity contribution in [2.45, 2.75) is 57.4 Å². The summed E-state index contributed by atoms with van der Waals surface area (Å²) in [6, 6.07) is 4.59. The number of fused-ring (bicyclic) bond motifs is 2. The number of rotatable bonds is 7. The second kappa shape index (κ2) is 11.9. The lowest BCUT2D eigenvalue weighted by molar-refractivity contribution is -0.128. The van der Waals surface area contributed by atoms with Crippen LogP contribution in [0.1, 0.15) is 47.8 Å². The average molecular weight is 591 g/mol. The zero-order valence-electron chi connectivity index (χ0n) is 24.0. The van der Waals surface area contributed by atoms with E-state index in [2.05, 4.69) is 39.7 Å². The Morgan fingerprint density at radius 3 is 2.95 bits per heavy atom. The largest absolute Gasteiger partial charge is 0.462 e. The molecule has 3 aliphatic heterocycles. The molecule has 0 unspecified atom stereocenters. The predicted molar refractivity (Wildman–Crippen MR) is 158 cm³/mol. The summed E-state index contributed by atoms with van der Waals surface area (Å²) in [6.45, 7) is 8.93. The van der Waals surface area contributed by atoms with E-state index < -0.39 is 0 Å². The van der Waals surface area contributed by atoms with Gasteiger partial charge in [0.25, 0.3) is 0 Å². The van der Waals surface area contributed by atoms with Crippen molar-refractivity contribution >= 4 is 34.2 Å². The van der Waals surface area contributed by atoms with Gasteiger partial charge in [0, 0.05) is 48.6 Å². The van der Waals surface area contributed by atoms with Crippen molar-refractivity contribution < 1.29 is 14.3 Å². The van der Waals surface area contributed by atoms with E-state index in [0.29, 0.717) is 56.3 Å². The number of aromatic nitrogens is 4. The van der Waals surface area contributed by atoms with E-state index in [1.54, 1.807) is 11.1 Å². The molecule has 2 aromatic heterocycles. The van der Waals surface area contributed by atoms with E-state index in [0.717, 1.165) is 58.5 Å². The number of hydrogen-bond acceptors (Lipinski definition) is 9.